The van der Waals surface area contributed by atoms with Crippen LogP contribution in [-0.4, -0.2) is 21.3 Å². The zero-order valence-electron chi connectivity index (χ0n) is 6.29. The predicted octanol–water partition coefficient (Wildman–Crippen LogP) is 1.72. The minimum Gasteiger partial charge on any atom is -0.480 e. The summed E-state index contributed by atoms with van der Waals surface area (Å²) in [6, 6.07) is 0. The molecule has 0 heterocycles. The number of hydrogen-bond donors (Lipinski definition) is 1. The van der Waals surface area contributed by atoms with Crippen LogP contribution in [0.1, 0.15) is 6.92 Å². The quantitative estimate of drug-likeness (QED) is 0.466. The zero-order chi connectivity index (χ0) is 10.1. The highest BCUT2D eigenvalue weighted by atomic mass is 79.9. The first-order valence-corrected chi connectivity index (χ1v) is 4.06. The van der Waals surface area contributed by atoms with Crippen molar-refractivity contribution in [2.75, 3.05) is 0 Å². The number of carboxylic acids is 1. The van der Waals surface area contributed by atoms with Crippen LogP contribution >= 0.6 is 27.5 Å². The van der Waals surface area contributed by atoms with E-state index in [1.807, 2.05) is 0 Å². The van der Waals surface area contributed by atoms with E-state index >= 15 is 0 Å². The summed E-state index contributed by atoms with van der Waals surface area (Å²) in [5, 5.41) is 7.81. The van der Waals surface area contributed by atoms with Gasteiger partial charge in [0.25, 0.3) is 0 Å². The largest absolute Gasteiger partial charge is 0.480 e. The Morgan fingerprint density at radius 2 is 2.08 bits per heavy atom. The molecule has 0 saturated heterocycles. The van der Waals surface area contributed by atoms with E-state index in [0.29, 0.717) is 0 Å². The van der Waals surface area contributed by atoms with Gasteiger partial charge in [-0.1, -0.05) is 34.1 Å². The molecule has 0 spiro atoms. The van der Waals surface area contributed by atoms with Crippen LogP contribution in [0.5, 0.6) is 0 Å². The van der Waals surface area contributed by atoms with E-state index in [-0.39, 0.29) is 5.97 Å². The normalized spacial score (nSPS) is 10.2. The van der Waals surface area contributed by atoms with Crippen molar-refractivity contribution in [1.82, 2.24) is 0 Å². The second-order valence-corrected chi connectivity index (χ2v) is 3.29. The van der Waals surface area contributed by atoms with Gasteiger partial charge in [-0.25, -0.2) is 4.79 Å². The maximum absolute atomic E-state index is 9.75. The van der Waals surface area contributed by atoms with Crippen LogP contribution in [0.15, 0.2) is 12.8 Å². The standard InChI is InChI=1S/C4H6O2.C2H2BrClO2/c1-3-6-4(2)5;3-1(4)2(5)6/h3H,1H2,2H3;1H,(H,5,6). The Kier molecular flexibility index (Phi) is 9.97. The number of aliphatic carboxylic acids is 1. The van der Waals surface area contributed by atoms with E-state index in [4.69, 9.17) is 16.7 Å². The first-order chi connectivity index (χ1) is 5.41. The first kappa shape index (κ1) is 14.0. The Morgan fingerprint density at radius 1 is 1.75 bits per heavy atom. The maximum atomic E-state index is 9.75. The molecule has 0 aromatic heterocycles. The number of halogens is 2. The van der Waals surface area contributed by atoms with Gasteiger partial charge in [-0.05, 0) is 0 Å². The molecule has 0 aromatic rings. The average molecular weight is 259 g/mol. The van der Waals surface area contributed by atoms with Crippen molar-refractivity contribution in [1.29, 1.82) is 0 Å². The highest BCUT2D eigenvalue weighted by molar-refractivity contribution is 9.10. The van der Waals surface area contributed by atoms with Gasteiger partial charge in [0.2, 0.25) is 0 Å². The highest BCUT2D eigenvalue weighted by Crippen LogP contribution is 2.02. The molecule has 12 heavy (non-hydrogen) atoms. The molecule has 0 radical (unpaired) electrons. The SMILES string of the molecule is C=COC(C)=O.O=C(O)C(Cl)Br. The average Bonchev–Trinajstić information content (AvgIpc) is 1.87. The minimum atomic E-state index is -1.06. The Bertz CT molecular complexity index is 169. The Balaban J connectivity index is 0. The fourth-order valence-electron chi connectivity index (χ4n) is 0.117. The summed E-state index contributed by atoms with van der Waals surface area (Å²) in [5.41, 5.74) is 0. The van der Waals surface area contributed by atoms with Crippen molar-refractivity contribution in [3.05, 3.63) is 12.8 Å². The monoisotopic (exact) mass is 258 g/mol. The molecule has 0 aliphatic carbocycles. The van der Waals surface area contributed by atoms with Crippen LogP contribution in [-0.2, 0) is 14.3 Å². The second kappa shape index (κ2) is 8.55. The third-order valence-corrected chi connectivity index (χ3v) is 1.01. The van der Waals surface area contributed by atoms with Gasteiger partial charge < -0.3 is 9.84 Å². The molecule has 6 heteroatoms. The van der Waals surface area contributed by atoms with Crippen LogP contribution in [0.3, 0.4) is 0 Å². The van der Waals surface area contributed by atoms with Crippen LogP contribution in [0.4, 0.5) is 0 Å². The lowest BCUT2D eigenvalue weighted by atomic mass is 10.8. The Hall–Kier alpha value is -0.550. The number of ether oxygens (including phenoxy) is 1. The Morgan fingerprint density at radius 3 is 2.08 bits per heavy atom. The van der Waals surface area contributed by atoms with Crippen LogP contribution in [0.2, 0.25) is 0 Å². The van der Waals surface area contributed by atoms with Gasteiger partial charge in [0, 0.05) is 6.92 Å². The molecule has 1 unspecified atom stereocenters. The maximum Gasteiger partial charge on any atom is 0.332 e. The van der Waals surface area contributed by atoms with Gasteiger partial charge >= 0.3 is 11.9 Å². The number of alkyl halides is 2. The molecule has 0 aliphatic rings. The van der Waals surface area contributed by atoms with Crippen LogP contribution in [0.25, 0.3) is 0 Å². The molecule has 0 bridgehead atoms. The summed E-state index contributed by atoms with van der Waals surface area (Å²) in [6.45, 7) is 4.48. The molecular formula is C6H8BrClO4. The van der Waals surface area contributed by atoms with Crippen molar-refractivity contribution in [2.24, 2.45) is 0 Å². The molecular weight excluding hydrogens is 251 g/mol. The molecule has 0 aliphatic heterocycles. The lowest BCUT2D eigenvalue weighted by molar-refractivity contribution is -0.136. The molecule has 1 N–H and O–H groups in total. The lowest BCUT2D eigenvalue weighted by Gasteiger charge is -1.84. The number of carboxylic acid groups (broad SMARTS) is 1. The Labute approximate surface area is 83.3 Å². The van der Waals surface area contributed by atoms with Gasteiger partial charge in [0.1, 0.15) is 0 Å². The summed E-state index contributed by atoms with van der Waals surface area (Å²) >= 11 is 7.53. The summed E-state index contributed by atoms with van der Waals surface area (Å²) in [4.78, 5) is 19.3. The molecule has 0 saturated carbocycles. The van der Waals surface area contributed by atoms with E-state index in [9.17, 15) is 9.59 Å². The van der Waals surface area contributed by atoms with E-state index < -0.39 is 10.3 Å². The van der Waals surface area contributed by atoms with E-state index in [2.05, 4.69) is 27.2 Å². The third-order valence-electron chi connectivity index (χ3n) is 0.436. The fourth-order valence-corrected chi connectivity index (χ4v) is 0.117. The summed E-state index contributed by atoms with van der Waals surface area (Å²) in [5.74, 6) is -1.39. The molecule has 0 fully saturated rings. The summed E-state index contributed by atoms with van der Waals surface area (Å²) < 4.78 is 3.22. The first-order valence-electron chi connectivity index (χ1n) is 2.71. The third kappa shape index (κ3) is 16.2. The molecule has 0 aromatic carbocycles. The van der Waals surface area contributed by atoms with Crippen molar-refractivity contribution in [3.63, 3.8) is 0 Å². The number of hydrogen-bond acceptors (Lipinski definition) is 3. The van der Waals surface area contributed by atoms with Gasteiger partial charge in [-0.2, -0.15) is 0 Å². The zero-order valence-corrected chi connectivity index (χ0v) is 8.63. The number of carbonyl (C=O) groups is 2. The van der Waals surface area contributed by atoms with Gasteiger partial charge in [0.05, 0.1) is 6.26 Å². The second-order valence-electron chi connectivity index (χ2n) is 1.42. The van der Waals surface area contributed by atoms with Crippen molar-refractivity contribution >= 4 is 39.5 Å². The molecule has 70 valence electrons. The smallest absolute Gasteiger partial charge is 0.332 e. The fraction of sp³-hybridized carbons (Fsp3) is 0.333. The predicted molar refractivity (Wildman–Crippen MR) is 48.2 cm³/mol. The molecule has 1 atom stereocenters. The lowest BCUT2D eigenvalue weighted by Crippen LogP contribution is -2.03. The van der Waals surface area contributed by atoms with Gasteiger partial charge in [-0.3, -0.25) is 4.79 Å². The number of rotatable bonds is 2. The van der Waals surface area contributed by atoms with Crippen LogP contribution < -0.4 is 0 Å². The van der Waals surface area contributed by atoms with Crippen molar-refractivity contribution < 1.29 is 19.4 Å². The van der Waals surface area contributed by atoms with Crippen LogP contribution in [0, 0.1) is 0 Å². The van der Waals surface area contributed by atoms with Gasteiger partial charge in [0.15, 0.2) is 4.29 Å². The topological polar surface area (TPSA) is 63.6 Å². The molecule has 0 rings (SSSR count). The van der Waals surface area contributed by atoms with Crippen molar-refractivity contribution in [3.8, 4) is 0 Å². The minimum absolute atomic E-state index is 0.329. The summed E-state index contributed by atoms with van der Waals surface area (Å²) in [6.07, 6.45) is 1.10. The molecule has 4 nitrogen and oxygen atoms in total. The molecule has 0 amide bonds. The summed E-state index contributed by atoms with van der Waals surface area (Å²) in [7, 11) is 0. The number of carbonyl (C=O) groups excluding carboxylic acids is 1. The van der Waals surface area contributed by atoms with Crippen molar-refractivity contribution in [2.45, 2.75) is 11.2 Å². The van der Waals surface area contributed by atoms with E-state index in [1.165, 1.54) is 6.92 Å². The highest BCUT2D eigenvalue weighted by Gasteiger charge is 2.04. The van der Waals surface area contributed by atoms with E-state index in [1.54, 1.807) is 0 Å². The number of esters is 1. The van der Waals surface area contributed by atoms with E-state index in [0.717, 1.165) is 6.26 Å². The van der Waals surface area contributed by atoms with Gasteiger partial charge in [-0.15, -0.1) is 0 Å².